The van der Waals surface area contributed by atoms with E-state index >= 15 is 0 Å². The molecule has 0 aromatic heterocycles. The predicted molar refractivity (Wildman–Crippen MR) is 103 cm³/mol. The first-order valence-corrected chi connectivity index (χ1v) is 8.76. The number of benzene rings is 2. The van der Waals surface area contributed by atoms with Crippen LogP contribution in [0.1, 0.15) is 11.1 Å². The minimum Gasteiger partial charge on any atom is -0.493 e. The summed E-state index contributed by atoms with van der Waals surface area (Å²) in [7, 11) is 1.47. The lowest BCUT2D eigenvalue weighted by Gasteiger charge is -2.16. The van der Waals surface area contributed by atoms with Crippen molar-refractivity contribution in [2.24, 2.45) is 0 Å². The van der Waals surface area contributed by atoms with E-state index in [0.29, 0.717) is 27.1 Å². The number of ether oxygens (including phenoxy) is 2. The third kappa shape index (κ3) is 4.27. The fourth-order valence-corrected chi connectivity index (χ4v) is 2.83. The fraction of sp³-hybridized carbons (Fsp3) is 0.105. The smallest absolute Gasteiger partial charge is 0.328 e. The largest absolute Gasteiger partial charge is 0.493 e. The van der Waals surface area contributed by atoms with Crippen molar-refractivity contribution in [1.29, 1.82) is 0 Å². The number of barbiturate groups is 1. The molecule has 0 bridgehead atoms. The molecule has 2 aromatic carbocycles. The standard InChI is InChI=1S/C19H14Cl2N2O5/c1-27-15-4-2-3-11(8-12-17(24)22-19(26)23-18(12)25)16(15)28-9-10-5-6-13(20)14(21)7-10/h2-8H,9H2,1H3,(H2,22,23,24,25,26). The van der Waals surface area contributed by atoms with E-state index < -0.39 is 17.8 Å². The summed E-state index contributed by atoms with van der Waals surface area (Å²) in [6.07, 6.45) is 1.32. The van der Waals surface area contributed by atoms with Crippen LogP contribution in [0.15, 0.2) is 42.0 Å². The molecule has 0 spiro atoms. The number of imide groups is 2. The molecule has 28 heavy (non-hydrogen) atoms. The van der Waals surface area contributed by atoms with Crippen LogP contribution in [0.4, 0.5) is 4.79 Å². The van der Waals surface area contributed by atoms with Crippen molar-refractivity contribution >= 4 is 47.1 Å². The summed E-state index contributed by atoms with van der Waals surface area (Å²) < 4.78 is 11.2. The van der Waals surface area contributed by atoms with Gasteiger partial charge in [-0.3, -0.25) is 20.2 Å². The maximum Gasteiger partial charge on any atom is 0.328 e. The maximum absolute atomic E-state index is 12.0. The average Bonchev–Trinajstić information content (AvgIpc) is 2.65. The summed E-state index contributed by atoms with van der Waals surface area (Å²) in [6.45, 7) is 0.143. The molecule has 144 valence electrons. The van der Waals surface area contributed by atoms with E-state index in [1.54, 1.807) is 36.4 Å². The average molecular weight is 421 g/mol. The van der Waals surface area contributed by atoms with E-state index in [9.17, 15) is 14.4 Å². The number of carbonyl (C=O) groups is 3. The van der Waals surface area contributed by atoms with Crippen molar-refractivity contribution in [2.45, 2.75) is 6.61 Å². The molecule has 0 atom stereocenters. The second-order valence-electron chi connectivity index (χ2n) is 5.71. The van der Waals surface area contributed by atoms with E-state index in [1.165, 1.54) is 13.2 Å². The molecule has 7 nitrogen and oxygen atoms in total. The van der Waals surface area contributed by atoms with Crippen LogP contribution >= 0.6 is 23.2 Å². The van der Waals surface area contributed by atoms with E-state index in [0.717, 1.165) is 5.56 Å². The molecule has 2 aromatic rings. The van der Waals surface area contributed by atoms with Crippen LogP contribution in [0.5, 0.6) is 11.5 Å². The van der Waals surface area contributed by atoms with Crippen molar-refractivity contribution in [2.75, 3.05) is 7.11 Å². The highest BCUT2D eigenvalue weighted by Crippen LogP contribution is 2.34. The second-order valence-corrected chi connectivity index (χ2v) is 6.53. The highest BCUT2D eigenvalue weighted by Gasteiger charge is 2.28. The fourth-order valence-electron chi connectivity index (χ4n) is 2.51. The lowest BCUT2D eigenvalue weighted by Crippen LogP contribution is -2.51. The summed E-state index contributed by atoms with van der Waals surface area (Å²) in [5.41, 5.74) is 0.957. The normalized spacial score (nSPS) is 13.7. The van der Waals surface area contributed by atoms with Gasteiger partial charge in [0.2, 0.25) is 0 Å². The molecule has 3 rings (SSSR count). The predicted octanol–water partition coefficient (Wildman–Crippen LogP) is 3.33. The Hall–Kier alpha value is -3.03. The SMILES string of the molecule is COc1cccc(C=C2C(=O)NC(=O)NC2=O)c1OCc1ccc(Cl)c(Cl)c1. The monoisotopic (exact) mass is 420 g/mol. The number of halogens is 2. The Balaban J connectivity index is 1.93. The van der Waals surface area contributed by atoms with Crippen molar-refractivity contribution in [3.05, 3.63) is 63.1 Å². The van der Waals surface area contributed by atoms with Gasteiger partial charge in [-0.15, -0.1) is 0 Å². The van der Waals surface area contributed by atoms with Crippen molar-refractivity contribution in [3.63, 3.8) is 0 Å². The van der Waals surface area contributed by atoms with Crippen LogP contribution in [0.25, 0.3) is 6.08 Å². The van der Waals surface area contributed by atoms with Crippen molar-refractivity contribution in [1.82, 2.24) is 10.6 Å². The summed E-state index contributed by atoms with van der Waals surface area (Å²) in [4.78, 5) is 35.2. The van der Waals surface area contributed by atoms with Gasteiger partial charge in [-0.1, -0.05) is 41.4 Å². The Morgan fingerprint density at radius 2 is 1.71 bits per heavy atom. The molecule has 0 unspecified atom stereocenters. The van der Waals surface area contributed by atoms with Gasteiger partial charge < -0.3 is 9.47 Å². The summed E-state index contributed by atoms with van der Waals surface area (Å²) >= 11 is 11.9. The maximum atomic E-state index is 12.0. The van der Waals surface area contributed by atoms with Gasteiger partial charge in [0.1, 0.15) is 12.2 Å². The summed E-state index contributed by atoms with van der Waals surface area (Å²) in [5, 5.41) is 4.86. The molecule has 0 aliphatic carbocycles. The molecule has 1 saturated heterocycles. The molecule has 4 amide bonds. The Labute approximate surface area is 170 Å². The lowest BCUT2D eigenvalue weighted by atomic mass is 10.1. The van der Waals surface area contributed by atoms with Crippen molar-refractivity contribution < 1.29 is 23.9 Å². The van der Waals surface area contributed by atoms with Gasteiger partial charge in [0.25, 0.3) is 11.8 Å². The lowest BCUT2D eigenvalue weighted by molar-refractivity contribution is -0.123. The number of urea groups is 1. The van der Waals surface area contributed by atoms with Gasteiger partial charge in [0.05, 0.1) is 17.2 Å². The molecule has 0 radical (unpaired) electrons. The molecule has 2 N–H and O–H groups in total. The minimum atomic E-state index is -0.867. The quantitative estimate of drug-likeness (QED) is 0.571. The molecule has 1 fully saturated rings. The van der Waals surface area contributed by atoms with Gasteiger partial charge in [0, 0.05) is 5.56 Å². The van der Waals surface area contributed by atoms with Crippen LogP contribution in [-0.2, 0) is 16.2 Å². The molecule has 1 heterocycles. The van der Waals surface area contributed by atoms with Gasteiger partial charge in [-0.05, 0) is 29.8 Å². The van der Waals surface area contributed by atoms with Crippen LogP contribution < -0.4 is 20.1 Å². The molecular weight excluding hydrogens is 407 g/mol. The number of methoxy groups -OCH3 is 1. The molecule has 1 aliphatic heterocycles. The summed E-state index contributed by atoms with van der Waals surface area (Å²) in [5.74, 6) is -0.873. The third-order valence-corrected chi connectivity index (χ3v) is 4.58. The molecule has 0 saturated carbocycles. The number of para-hydroxylation sites is 1. The van der Waals surface area contributed by atoms with Crippen LogP contribution in [0.2, 0.25) is 10.0 Å². The van der Waals surface area contributed by atoms with E-state index in [1.807, 2.05) is 10.6 Å². The second kappa shape index (κ2) is 8.33. The van der Waals surface area contributed by atoms with E-state index in [4.69, 9.17) is 32.7 Å². The number of hydrogen-bond donors (Lipinski definition) is 2. The molecule has 1 aliphatic rings. The Kier molecular flexibility index (Phi) is 5.87. The van der Waals surface area contributed by atoms with E-state index in [2.05, 4.69) is 0 Å². The Bertz CT molecular complexity index is 982. The van der Waals surface area contributed by atoms with Gasteiger partial charge in [-0.25, -0.2) is 4.79 Å². The number of hydrogen-bond acceptors (Lipinski definition) is 5. The zero-order chi connectivity index (χ0) is 20.3. The summed E-state index contributed by atoms with van der Waals surface area (Å²) in [6, 6.07) is 9.23. The highest BCUT2D eigenvalue weighted by atomic mass is 35.5. The van der Waals surface area contributed by atoms with Crippen LogP contribution in [0.3, 0.4) is 0 Å². The number of rotatable bonds is 5. The van der Waals surface area contributed by atoms with Crippen LogP contribution in [-0.4, -0.2) is 25.0 Å². The van der Waals surface area contributed by atoms with Crippen LogP contribution in [0, 0.1) is 0 Å². The van der Waals surface area contributed by atoms with E-state index in [-0.39, 0.29) is 12.2 Å². The van der Waals surface area contributed by atoms with Gasteiger partial charge in [0.15, 0.2) is 11.5 Å². The molecular formula is C19H14Cl2N2O5. The van der Waals surface area contributed by atoms with Crippen molar-refractivity contribution in [3.8, 4) is 11.5 Å². The highest BCUT2D eigenvalue weighted by molar-refractivity contribution is 6.42. The number of carbonyl (C=O) groups excluding carboxylic acids is 3. The first-order chi connectivity index (χ1) is 13.4. The molecule has 9 heteroatoms. The number of amides is 4. The first-order valence-electron chi connectivity index (χ1n) is 8.01. The zero-order valence-electron chi connectivity index (χ0n) is 14.5. The number of nitrogens with one attached hydrogen (secondary N) is 2. The Morgan fingerprint density at radius 1 is 1.00 bits per heavy atom. The topological polar surface area (TPSA) is 93.7 Å². The minimum absolute atomic E-state index is 0.143. The van der Waals surface area contributed by atoms with Gasteiger partial charge >= 0.3 is 6.03 Å². The third-order valence-electron chi connectivity index (χ3n) is 3.84. The van der Waals surface area contributed by atoms with Gasteiger partial charge in [-0.2, -0.15) is 0 Å². The zero-order valence-corrected chi connectivity index (χ0v) is 16.1. The first kappa shape index (κ1) is 19.7. The Morgan fingerprint density at radius 3 is 2.36 bits per heavy atom.